The van der Waals surface area contributed by atoms with Crippen LogP contribution in [0.1, 0.15) is 265 Å². The zero-order valence-electron chi connectivity index (χ0n) is 43.9. The lowest BCUT2D eigenvalue weighted by Gasteiger charge is -2.18. The highest BCUT2D eigenvalue weighted by Crippen LogP contribution is 2.14. The third kappa shape index (κ3) is 53.4. The van der Waals surface area contributed by atoms with Crippen LogP contribution < -0.4 is 0 Å². The van der Waals surface area contributed by atoms with E-state index in [1.54, 1.807) is 6.08 Å². The van der Waals surface area contributed by atoms with Gasteiger partial charge in [0.05, 0.1) is 6.42 Å². The van der Waals surface area contributed by atoms with E-state index in [9.17, 15) is 14.4 Å². The van der Waals surface area contributed by atoms with Gasteiger partial charge in [-0.1, -0.05) is 234 Å². The van der Waals surface area contributed by atoms with Gasteiger partial charge in [-0.15, -0.1) is 0 Å². The van der Waals surface area contributed by atoms with Gasteiger partial charge < -0.3 is 14.2 Å². The summed E-state index contributed by atoms with van der Waals surface area (Å²) in [6.45, 7) is 6.43. The van der Waals surface area contributed by atoms with Crippen LogP contribution in [0.5, 0.6) is 0 Å². The van der Waals surface area contributed by atoms with Crippen molar-refractivity contribution in [3.63, 3.8) is 0 Å². The number of esters is 3. The molecule has 384 valence electrons. The summed E-state index contributed by atoms with van der Waals surface area (Å²) in [5.74, 6) is -1.05. The van der Waals surface area contributed by atoms with Gasteiger partial charge in [0, 0.05) is 12.8 Å². The molecule has 1 unspecified atom stereocenters. The summed E-state index contributed by atoms with van der Waals surface area (Å²) in [5, 5.41) is 0. The van der Waals surface area contributed by atoms with Crippen LogP contribution >= 0.6 is 0 Å². The fourth-order valence-corrected chi connectivity index (χ4v) is 7.68. The number of unbranched alkanes of at least 4 members (excludes halogenated alkanes) is 26. The maximum Gasteiger partial charge on any atom is 0.309 e. The van der Waals surface area contributed by atoms with Crippen molar-refractivity contribution in [3.8, 4) is 0 Å². The van der Waals surface area contributed by atoms with Crippen molar-refractivity contribution in [2.24, 2.45) is 0 Å². The molecule has 0 bridgehead atoms. The Hall–Kier alpha value is -3.41. The van der Waals surface area contributed by atoms with Crippen LogP contribution in [0.25, 0.3) is 0 Å². The van der Waals surface area contributed by atoms with Gasteiger partial charge >= 0.3 is 17.9 Å². The predicted molar refractivity (Wildman–Crippen MR) is 288 cm³/mol. The number of rotatable bonds is 50. The third-order valence-electron chi connectivity index (χ3n) is 11.9. The molecule has 0 saturated heterocycles. The lowest BCUT2D eigenvalue weighted by atomic mass is 10.1. The minimum atomic E-state index is -0.820. The molecule has 0 aliphatic carbocycles. The van der Waals surface area contributed by atoms with Crippen LogP contribution in [-0.4, -0.2) is 37.2 Å². The van der Waals surface area contributed by atoms with Crippen molar-refractivity contribution in [1.29, 1.82) is 0 Å². The molecule has 0 radical (unpaired) electrons. The number of carbonyl (C=O) groups is 3. The van der Waals surface area contributed by atoms with Gasteiger partial charge in [0.1, 0.15) is 13.2 Å². The van der Waals surface area contributed by atoms with E-state index in [0.29, 0.717) is 12.8 Å². The fourth-order valence-electron chi connectivity index (χ4n) is 7.68. The molecule has 0 aliphatic rings. The molecule has 0 rings (SSSR count). The molecular formula is C61H104O6. The number of allylic oxidation sites excluding steroid dienone is 13. The van der Waals surface area contributed by atoms with E-state index in [4.69, 9.17) is 14.2 Å². The molecule has 0 amide bonds. The standard InChI is InChI=1S/C61H104O6/c1-4-7-10-13-16-19-22-25-28-30-33-36-39-42-45-48-51-54-60(63)66-57-58(56-65-59(62)53-50-47-44-41-38-35-32-27-24-21-18-15-12-9-6-3)67-61(64)55-52-49-46-43-40-37-34-31-29-26-23-20-17-14-11-8-5-2/h9,12,18,21,25-29,32,38,41,47,50,58H,4-8,10-11,13-17,19-20,22-24,30-31,33-37,39-40,42-46,48-49,51-57H2,1-3H3/b12-9-,21-18-,28-25-,29-26-,32-27-,41-38-,50-47-. The average Bonchev–Trinajstić information content (AvgIpc) is 3.33. The lowest BCUT2D eigenvalue weighted by molar-refractivity contribution is -0.166. The van der Waals surface area contributed by atoms with Crippen LogP contribution in [0, 0.1) is 0 Å². The highest BCUT2D eigenvalue weighted by atomic mass is 16.6. The van der Waals surface area contributed by atoms with E-state index in [1.807, 2.05) is 6.08 Å². The first kappa shape index (κ1) is 63.6. The first-order chi connectivity index (χ1) is 33.0. The molecular weight excluding hydrogens is 829 g/mol. The van der Waals surface area contributed by atoms with Gasteiger partial charge in [0.25, 0.3) is 0 Å². The minimum Gasteiger partial charge on any atom is -0.462 e. The number of ether oxygens (including phenoxy) is 3. The summed E-state index contributed by atoms with van der Waals surface area (Å²) in [6, 6.07) is 0. The van der Waals surface area contributed by atoms with E-state index in [2.05, 4.69) is 93.7 Å². The molecule has 0 saturated carbocycles. The van der Waals surface area contributed by atoms with E-state index in [-0.39, 0.29) is 31.6 Å². The zero-order valence-corrected chi connectivity index (χ0v) is 43.9. The van der Waals surface area contributed by atoms with Gasteiger partial charge in [-0.3, -0.25) is 14.4 Å². The van der Waals surface area contributed by atoms with Gasteiger partial charge in [-0.2, -0.15) is 0 Å². The van der Waals surface area contributed by atoms with Crippen molar-refractivity contribution in [2.45, 2.75) is 271 Å². The van der Waals surface area contributed by atoms with Gasteiger partial charge in [-0.25, -0.2) is 0 Å². The van der Waals surface area contributed by atoms with E-state index < -0.39 is 12.1 Å². The van der Waals surface area contributed by atoms with Crippen molar-refractivity contribution in [1.82, 2.24) is 0 Å². The Kier molecular flexibility index (Phi) is 52.4. The van der Waals surface area contributed by atoms with Crippen molar-refractivity contribution in [3.05, 3.63) is 85.1 Å². The topological polar surface area (TPSA) is 78.9 Å². The first-order valence-corrected chi connectivity index (χ1v) is 28.1. The fraction of sp³-hybridized carbons (Fsp3) is 0.721. The Morgan fingerprint density at radius 1 is 0.328 bits per heavy atom. The third-order valence-corrected chi connectivity index (χ3v) is 11.9. The highest BCUT2D eigenvalue weighted by molar-refractivity contribution is 5.72. The SMILES string of the molecule is CC/C=C\C/C=C\C/C=C\C/C=C\C/C=C\CC(=O)OCC(COC(=O)CCCCCCCCC/C=C\CCCCCCCC)OC(=O)CCCCCCCCC/C=C\CCCCCCCC. The molecule has 6 nitrogen and oxygen atoms in total. The zero-order chi connectivity index (χ0) is 48.6. The lowest BCUT2D eigenvalue weighted by Crippen LogP contribution is -2.30. The minimum absolute atomic E-state index is 0.110. The summed E-state index contributed by atoms with van der Waals surface area (Å²) < 4.78 is 16.7. The smallest absolute Gasteiger partial charge is 0.309 e. The molecule has 0 aromatic rings. The second-order valence-corrected chi connectivity index (χ2v) is 18.5. The molecule has 0 spiro atoms. The molecule has 0 aromatic heterocycles. The van der Waals surface area contributed by atoms with Gasteiger partial charge in [0.2, 0.25) is 0 Å². The summed E-state index contributed by atoms with van der Waals surface area (Å²) in [5.41, 5.74) is 0. The maximum absolute atomic E-state index is 12.8. The monoisotopic (exact) mass is 933 g/mol. The second kappa shape index (κ2) is 55.2. The van der Waals surface area contributed by atoms with Crippen LogP contribution in [0.15, 0.2) is 85.1 Å². The molecule has 6 heteroatoms. The average molecular weight is 933 g/mol. The van der Waals surface area contributed by atoms with Crippen LogP contribution in [0.2, 0.25) is 0 Å². The Morgan fingerprint density at radius 2 is 0.642 bits per heavy atom. The Balaban J connectivity index is 4.49. The number of hydrogen-bond acceptors (Lipinski definition) is 6. The van der Waals surface area contributed by atoms with E-state index in [0.717, 1.165) is 70.6 Å². The van der Waals surface area contributed by atoms with Crippen molar-refractivity contribution in [2.75, 3.05) is 13.2 Å². The maximum atomic E-state index is 12.8. The summed E-state index contributed by atoms with van der Waals surface area (Å²) in [7, 11) is 0. The molecule has 0 heterocycles. The first-order valence-electron chi connectivity index (χ1n) is 28.1. The summed E-state index contributed by atoms with van der Waals surface area (Å²) >= 11 is 0. The summed E-state index contributed by atoms with van der Waals surface area (Å²) in [6.07, 6.45) is 71.7. The number of hydrogen-bond donors (Lipinski definition) is 0. The van der Waals surface area contributed by atoms with Crippen LogP contribution in [0.4, 0.5) is 0 Å². The van der Waals surface area contributed by atoms with E-state index in [1.165, 1.54) is 154 Å². The number of carbonyl (C=O) groups excluding carboxylic acids is 3. The summed E-state index contributed by atoms with van der Waals surface area (Å²) in [4.78, 5) is 38.1. The Bertz CT molecular complexity index is 1300. The Morgan fingerprint density at radius 3 is 1.03 bits per heavy atom. The molecule has 0 N–H and O–H groups in total. The highest BCUT2D eigenvalue weighted by Gasteiger charge is 2.19. The molecule has 0 fully saturated rings. The Labute approximate surface area is 414 Å². The predicted octanol–water partition coefficient (Wildman–Crippen LogP) is 18.8. The molecule has 1 atom stereocenters. The quantitative estimate of drug-likeness (QED) is 0.0262. The molecule has 0 aliphatic heterocycles. The van der Waals surface area contributed by atoms with Crippen LogP contribution in [-0.2, 0) is 28.6 Å². The van der Waals surface area contributed by atoms with Gasteiger partial charge in [-0.05, 0) is 96.3 Å². The van der Waals surface area contributed by atoms with Gasteiger partial charge in [0.15, 0.2) is 6.10 Å². The molecule has 0 aromatic carbocycles. The second-order valence-electron chi connectivity index (χ2n) is 18.5. The normalized spacial score (nSPS) is 12.7. The van der Waals surface area contributed by atoms with Crippen molar-refractivity contribution >= 4 is 17.9 Å². The van der Waals surface area contributed by atoms with Crippen LogP contribution in [0.3, 0.4) is 0 Å². The largest absolute Gasteiger partial charge is 0.462 e. The molecule has 67 heavy (non-hydrogen) atoms. The van der Waals surface area contributed by atoms with Crippen molar-refractivity contribution < 1.29 is 28.6 Å². The van der Waals surface area contributed by atoms with E-state index >= 15 is 0 Å².